The molecule has 0 saturated carbocycles. The number of carbonyl (C=O) groups is 1. The first-order chi connectivity index (χ1) is 15.0. The van der Waals surface area contributed by atoms with Crippen molar-refractivity contribution in [3.63, 3.8) is 0 Å². The molecule has 0 aliphatic heterocycles. The van der Waals surface area contributed by atoms with E-state index >= 15 is 0 Å². The van der Waals surface area contributed by atoms with Crippen LogP contribution in [0.5, 0.6) is 0 Å². The van der Waals surface area contributed by atoms with Crippen LogP contribution in [0.15, 0.2) is 65.1 Å². The third-order valence-corrected chi connectivity index (χ3v) is 6.70. The summed E-state index contributed by atoms with van der Waals surface area (Å²) in [6, 6.07) is 15.7. The summed E-state index contributed by atoms with van der Waals surface area (Å²) in [6.45, 7) is 4.08. The fraction of sp³-hybridized carbons (Fsp3) is 0.182. The summed E-state index contributed by atoms with van der Waals surface area (Å²) in [7, 11) is 0. The lowest BCUT2D eigenvalue weighted by molar-refractivity contribution is -0.119. The highest BCUT2D eigenvalue weighted by Crippen LogP contribution is 2.27. The lowest BCUT2D eigenvalue weighted by Gasteiger charge is -2.18. The number of benzene rings is 2. The molecule has 158 valence electrons. The number of nitrogens with one attached hydrogen (secondary N) is 1. The lowest BCUT2D eigenvalue weighted by Crippen LogP contribution is -2.30. The fourth-order valence-electron chi connectivity index (χ4n) is 3.05. The third kappa shape index (κ3) is 5.00. The largest absolute Gasteiger partial charge is 0.344 e. The van der Waals surface area contributed by atoms with Gasteiger partial charge in [0.2, 0.25) is 11.1 Å². The van der Waals surface area contributed by atoms with Gasteiger partial charge in [-0.15, -0.1) is 16.4 Å². The number of amides is 1. The van der Waals surface area contributed by atoms with Crippen molar-refractivity contribution < 1.29 is 9.18 Å². The summed E-state index contributed by atoms with van der Waals surface area (Å²) in [6.07, 6.45) is 0. The number of rotatable bonds is 7. The molecule has 0 fully saturated rings. The molecular formula is C22H20FN5OS2. The molecule has 31 heavy (non-hydrogen) atoms. The molecule has 6 nitrogen and oxygen atoms in total. The van der Waals surface area contributed by atoms with Gasteiger partial charge >= 0.3 is 0 Å². The Balaban J connectivity index is 1.47. The van der Waals surface area contributed by atoms with Gasteiger partial charge in [0.25, 0.3) is 0 Å². The fourth-order valence-corrected chi connectivity index (χ4v) is 4.56. The van der Waals surface area contributed by atoms with Gasteiger partial charge in [-0.25, -0.2) is 4.39 Å². The summed E-state index contributed by atoms with van der Waals surface area (Å²) in [5, 5.41) is 17.4. The second-order valence-corrected chi connectivity index (χ2v) is 8.92. The van der Waals surface area contributed by atoms with Crippen LogP contribution in [0.25, 0.3) is 5.69 Å². The predicted octanol–water partition coefficient (Wildman–Crippen LogP) is 4.48. The quantitative estimate of drug-likeness (QED) is 0.418. The zero-order valence-electron chi connectivity index (χ0n) is 16.9. The number of carbonyl (C=O) groups excluding carboxylic acids is 1. The second kappa shape index (κ2) is 9.40. The van der Waals surface area contributed by atoms with Crippen molar-refractivity contribution in [2.75, 3.05) is 5.75 Å². The molecular weight excluding hydrogens is 433 g/mol. The maximum absolute atomic E-state index is 13.3. The minimum absolute atomic E-state index is 0.147. The van der Waals surface area contributed by atoms with E-state index in [0.717, 1.165) is 21.7 Å². The molecule has 9 heteroatoms. The molecule has 2 aromatic carbocycles. The van der Waals surface area contributed by atoms with Gasteiger partial charge in [-0.05, 0) is 76.7 Å². The molecule has 0 bridgehead atoms. The van der Waals surface area contributed by atoms with Crippen molar-refractivity contribution in [3.8, 4) is 5.69 Å². The van der Waals surface area contributed by atoms with Gasteiger partial charge in [-0.1, -0.05) is 36.0 Å². The summed E-state index contributed by atoms with van der Waals surface area (Å²) in [5.41, 5.74) is 3.99. The maximum atomic E-state index is 13.3. The van der Waals surface area contributed by atoms with Gasteiger partial charge < -0.3 is 5.32 Å². The Morgan fingerprint density at radius 2 is 1.97 bits per heavy atom. The summed E-state index contributed by atoms with van der Waals surface area (Å²) in [5.74, 6) is -0.329. The topological polar surface area (TPSA) is 72.7 Å². The van der Waals surface area contributed by atoms with Crippen LogP contribution in [-0.4, -0.2) is 31.9 Å². The van der Waals surface area contributed by atoms with E-state index in [-0.39, 0.29) is 23.5 Å². The lowest BCUT2D eigenvalue weighted by atomic mass is 10.1. The molecule has 0 radical (unpaired) electrons. The zero-order valence-corrected chi connectivity index (χ0v) is 18.6. The summed E-state index contributed by atoms with van der Waals surface area (Å²) < 4.78 is 15.0. The Morgan fingerprint density at radius 1 is 1.16 bits per heavy atom. The highest BCUT2D eigenvalue weighted by atomic mass is 32.2. The molecule has 4 aromatic rings. The Bertz CT molecular complexity index is 1180. The van der Waals surface area contributed by atoms with E-state index in [9.17, 15) is 9.18 Å². The molecule has 2 aromatic heterocycles. The minimum Gasteiger partial charge on any atom is -0.344 e. The van der Waals surface area contributed by atoms with Crippen LogP contribution in [0, 0.1) is 19.7 Å². The van der Waals surface area contributed by atoms with Crippen LogP contribution in [0.1, 0.15) is 27.6 Å². The van der Waals surface area contributed by atoms with Crippen molar-refractivity contribution in [3.05, 3.63) is 87.4 Å². The van der Waals surface area contributed by atoms with E-state index in [4.69, 9.17) is 0 Å². The Hall–Kier alpha value is -3.04. The molecule has 0 aliphatic rings. The smallest absolute Gasteiger partial charge is 0.231 e. The van der Waals surface area contributed by atoms with Gasteiger partial charge in [-0.2, -0.15) is 4.68 Å². The molecule has 1 atom stereocenters. The van der Waals surface area contributed by atoms with Gasteiger partial charge in [-0.3, -0.25) is 4.79 Å². The van der Waals surface area contributed by atoms with Gasteiger partial charge in [0.05, 0.1) is 17.5 Å². The van der Waals surface area contributed by atoms with Crippen LogP contribution < -0.4 is 5.32 Å². The second-order valence-electron chi connectivity index (χ2n) is 7.00. The first-order valence-electron chi connectivity index (χ1n) is 9.58. The molecule has 1 N–H and O–H groups in total. The predicted molar refractivity (Wildman–Crippen MR) is 120 cm³/mol. The van der Waals surface area contributed by atoms with Gasteiger partial charge in [0.1, 0.15) is 5.82 Å². The number of tetrazole rings is 1. The normalized spacial score (nSPS) is 12.0. The maximum Gasteiger partial charge on any atom is 0.231 e. The average Bonchev–Trinajstić information content (AvgIpc) is 3.45. The third-order valence-electron chi connectivity index (χ3n) is 4.84. The van der Waals surface area contributed by atoms with E-state index in [1.165, 1.54) is 40.8 Å². The number of thiophene rings is 1. The number of halogens is 1. The summed E-state index contributed by atoms with van der Waals surface area (Å²) >= 11 is 2.80. The number of hydrogen-bond acceptors (Lipinski definition) is 6. The van der Waals surface area contributed by atoms with Crippen molar-refractivity contribution in [2.24, 2.45) is 0 Å². The number of thioether (sulfide) groups is 1. The number of aryl methyl sites for hydroxylation is 2. The first-order valence-corrected chi connectivity index (χ1v) is 11.4. The van der Waals surface area contributed by atoms with Crippen molar-refractivity contribution >= 4 is 29.0 Å². The zero-order chi connectivity index (χ0) is 21.8. The number of aromatic nitrogens is 4. The molecule has 1 amide bonds. The summed E-state index contributed by atoms with van der Waals surface area (Å²) in [4.78, 5) is 13.7. The van der Waals surface area contributed by atoms with E-state index in [2.05, 4.69) is 20.8 Å². The van der Waals surface area contributed by atoms with Gasteiger partial charge in [0, 0.05) is 4.88 Å². The Morgan fingerprint density at radius 3 is 2.68 bits per heavy atom. The monoisotopic (exact) mass is 453 g/mol. The highest BCUT2D eigenvalue weighted by molar-refractivity contribution is 7.99. The first kappa shape index (κ1) is 21.2. The van der Waals surface area contributed by atoms with E-state index < -0.39 is 0 Å². The SMILES string of the molecule is Cc1ccc(-n2nnnc2SCC(=O)NC(c2ccc(F)cc2)c2cccs2)cc1C. The van der Waals surface area contributed by atoms with Crippen LogP contribution in [0.2, 0.25) is 0 Å². The van der Waals surface area contributed by atoms with Crippen LogP contribution in [0.3, 0.4) is 0 Å². The van der Waals surface area contributed by atoms with Crippen molar-refractivity contribution in [2.45, 2.75) is 25.0 Å². The molecule has 2 heterocycles. The van der Waals surface area contributed by atoms with Gasteiger partial charge in [0.15, 0.2) is 0 Å². The average molecular weight is 454 g/mol. The van der Waals surface area contributed by atoms with Crippen LogP contribution in [-0.2, 0) is 4.79 Å². The minimum atomic E-state index is -0.343. The molecule has 0 spiro atoms. The standard InChI is InChI=1S/C22H20FN5OS2/c1-14-5-10-18(12-15(14)2)28-22(25-26-27-28)31-13-20(29)24-21(19-4-3-11-30-19)16-6-8-17(23)9-7-16/h3-12,21H,13H2,1-2H3,(H,24,29). The van der Waals surface area contributed by atoms with E-state index in [1.807, 2.05) is 49.6 Å². The van der Waals surface area contributed by atoms with Crippen molar-refractivity contribution in [1.82, 2.24) is 25.5 Å². The van der Waals surface area contributed by atoms with Crippen LogP contribution in [0.4, 0.5) is 4.39 Å². The highest BCUT2D eigenvalue weighted by Gasteiger charge is 2.19. The molecule has 1 unspecified atom stereocenters. The molecule has 4 rings (SSSR count). The van der Waals surface area contributed by atoms with Crippen LogP contribution >= 0.6 is 23.1 Å². The van der Waals surface area contributed by atoms with E-state index in [0.29, 0.717) is 5.16 Å². The molecule has 0 saturated heterocycles. The Labute approximate surface area is 187 Å². The van der Waals surface area contributed by atoms with Crippen molar-refractivity contribution in [1.29, 1.82) is 0 Å². The Kier molecular flexibility index (Phi) is 6.43. The number of nitrogens with zero attached hydrogens (tertiary/aromatic N) is 4. The molecule has 0 aliphatic carbocycles. The number of hydrogen-bond donors (Lipinski definition) is 1. The van der Waals surface area contributed by atoms with E-state index in [1.54, 1.807) is 16.8 Å².